The fraction of sp³-hybridized carbons (Fsp3) is 0.917. The third kappa shape index (κ3) is 2.17. The van der Waals surface area contributed by atoms with Gasteiger partial charge in [-0.25, -0.2) is 4.79 Å². The zero-order chi connectivity index (χ0) is 12.0. The first-order valence-electron chi connectivity index (χ1n) is 6.01. The second-order valence-corrected chi connectivity index (χ2v) is 6.28. The van der Waals surface area contributed by atoms with Gasteiger partial charge in [-0.3, -0.25) is 0 Å². The predicted molar refractivity (Wildman–Crippen MR) is 62.3 cm³/mol. The van der Waals surface area contributed by atoms with Gasteiger partial charge in [-0.05, 0) is 27.2 Å². The Labute approximate surface area is 97.3 Å². The van der Waals surface area contributed by atoms with Crippen LogP contribution in [0.2, 0.25) is 0 Å². The van der Waals surface area contributed by atoms with Gasteiger partial charge in [-0.1, -0.05) is 6.92 Å². The summed E-state index contributed by atoms with van der Waals surface area (Å²) in [7, 11) is 0. The van der Waals surface area contributed by atoms with Crippen molar-refractivity contribution in [1.82, 2.24) is 10.2 Å². The second kappa shape index (κ2) is 3.62. The monoisotopic (exact) mass is 226 g/mol. The highest BCUT2D eigenvalue weighted by atomic mass is 16.6. The molecule has 2 heterocycles. The van der Waals surface area contributed by atoms with Crippen molar-refractivity contribution < 1.29 is 9.53 Å². The maximum atomic E-state index is 11.9. The molecule has 2 atom stereocenters. The Hall–Kier alpha value is -0.770. The largest absolute Gasteiger partial charge is 0.444 e. The van der Waals surface area contributed by atoms with Crippen molar-refractivity contribution in [1.29, 1.82) is 0 Å². The van der Waals surface area contributed by atoms with Crippen LogP contribution in [0, 0.1) is 5.41 Å². The fourth-order valence-corrected chi connectivity index (χ4v) is 2.49. The van der Waals surface area contributed by atoms with Gasteiger partial charge in [0.05, 0.1) is 0 Å². The zero-order valence-corrected chi connectivity index (χ0v) is 10.7. The molecule has 0 aromatic carbocycles. The highest BCUT2D eigenvalue weighted by Crippen LogP contribution is 2.36. The Morgan fingerprint density at radius 3 is 2.62 bits per heavy atom. The summed E-state index contributed by atoms with van der Waals surface area (Å²) >= 11 is 0. The van der Waals surface area contributed by atoms with Crippen LogP contribution >= 0.6 is 0 Å². The summed E-state index contributed by atoms with van der Waals surface area (Å²) in [6, 6.07) is 0.589. The van der Waals surface area contributed by atoms with Gasteiger partial charge in [-0.2, -0.15) is 0 Å². The van der Waals surface area contributed by atoms with E-state index in [0.717, 1.165) is 26.1 Å². The smallest absolute Gasteiger partial charge is 0.410 e. The lowest BCUT2D eigenvalue weighted by Crippen LogP contribution is -2.69. The lowest BCUT2D eigenvalue weighted by molar-refractivity contribution is -0.0245. The van der Waals surface area contributed by atoms with Crippen LogP contribution < -0.4 is 5.32 Å². The van der Waals surface area contributed by atoms with Crippen LogP contribution in [0.4, 0.5) is 4.79 Å². The number of fused-ring (bicyclic) bond motifs is 1. The van der Waals surface area contributed by atoms with Gasteiger partial charge >= 0.3 is 6.09 Å². The maximum Gasteiger partial charge on any atom is 0.410 e. The van der Waals surface area contributed by atoms with E-state index in [1.807, 2.05) is 25.7 Å². The highest BCUT2D eigenvalue weighted by Gasteiger charge is 2.47. The number of amides is 1. The molecule has 4 heteroatoms. The van der Waals surface area contributed by atoms with Crippen LogP contribution in [-0.4, -0.2) is 42.3 Å². The molecule has 0 aromatic rings. The number of rotatable bonds is 0. The van der Waals surface area contributed by atoms with E-state index in [0.29, 0.717) is 6.04 Å². The Kier molecular flexibility index (Phi) is 2.65. The molecular formula is C12H22N2O2. The summed E-state index contributed by atoms with van der Waals surface area (Å²) in [5.74, 6) is 0. The Bertz CT molecular complexity index is 298. The molecule has 2 saturated heterocycles. The van der Waals surface area contributed by atoms with Crippen molar-refractivity contribution in [3.8, 4) is 0 Å². The normalized spacial score (nSPS) is 34.0. The van der Waals surface area contributed by atoms with E-state index < -0.39 is 5.60 Å². The number of likely N-dealkylation sites (tertiary alicyclic amines) is 1. The van der Waals surface area contributed by atoms with Crippen LogP contribution in [0.25, 0.3) is 0 Å². The molecule has 4 nitrogen and oxygen atoms in total. The minimum atomic E-state index is -0.396. The number of hydrogen-bond donors (Lipinski definition) is 1. The molecule has 0 saturated carbocycles. The lowest BCUT2D eigenvalue weighted by Gasteiger charge is -2.54. The van der Waals surface area contributed by atoms with Crippen molar-refractivity contribution in [2.24, 2.45) is 5.41 Å². The van der Waals surface area contributed by atoms with E-state index >= 15 is 0 Å². The SMILES string of the molecule is CC(C)(C)OC(=O)N1CCC2NCC2(C)C1. The molecule has 0 radical (unpaired) electrons. The number of piperidine rings is 1. The molecule has 2 fully saturated rings. The average molecular weight is 226 g/mol. The number of nitrogens with one attached hydrogen (secondary N) is 1. The number of carbonyl (C=O) groups is 1. The first-order chi connectivity index (χ1) is 7.30. The van der Waals surface area contributed by atoms with Gasteiger partial charge < -0.3 is 15.0 Å². The summed E-state index contributed by atoms with van der Waals surface area (Å²) in [4.78, 5) is 13.8. The molecule has 16 heavy (non-hydrogen) atoms. The summed E-state index contributed by atoms with van der Waals surface area (Å²) in [5, 5.41) is 3.42. The van der Waals surface area contributed by atoms with Gasteiger partial charge in [0.2, 0.25) is 0 Å². The van der Waals surface area contributed by atoms with E-state index in [4.69, 9.17) is 4.74 Å². The molecule has 0 aliphatic carbocycles. The Morgan fingerprint density at radius 2 is 2.19 bits per heavy atom. The number of nitrogens with zero attached hydrogens (tertiary/aromatic N) is 1. The maximum absolute atomic E-state index is 11.9. The topological polar surface area (TPSA) is 41.6 Å². The van der Waals surface area contributed by atoms with E-state index in [-0.39, 0.29) is 11.5 Å². The van der Waals surface area contributed by atoms with Gasteiger partial charge in [0.1, 0.15) is 5.60 Å². The molecule has 0 aromatic heterocycles. The first-order valence-corrected chi connectivity index (χ1v) is 6.01. The van der Waals surface area contributed by atoms with Crippen LogP contribution in [0.1, 0.15) is 34.1 Å². The van der Waals surface area contributed by atoms with Crippen molar-refractivity contribution in [2.75, 3.05) is 19.6 Å². The molecule has 1 amide bonds. The van der Waals surface area contributed by atoms with Crippen molar-refractivity contribution in [2.45, 2.75) is 45.8 Å². The Balaban J connectivity index is 1.93. The molecule has 92 valence electrons. The summed E-state index contributed by atoms with van der Waals surface area (Å²) in [5.41, 5.74) is -0.137. The molecule has 2 aliphatic heterocycles. The highest BCUT2D eigenvalue weighted by molar-refractivity contribution is 5.68. The fourth-order valence-electron chi connectivity index (χ4n) is 2.49. The molecular weight excluding hydrogens is 204 g/mol. The molecule has 0 spiro atoms. The minimum absolute atomic E-state index is 0.168. The van der Waals surface area contributed by atoms with Gasteiger partial charge in [0.15, 0.2) is 0 Å². The number of hydrogen-bond acceptors (Lipinski definition) is 3. The first kappa shape index (κ1) is 11.7. The number of ether oxygens (including phenoxy) is 1. The zero-order valence-electron chi connectivity index (χ0n) is 10.7. The molecule has 1 N–H and O–H groups in total. The van der Waals surface area contributed by atoms with Gasteiger partial charge in [0.25, 0.3) is 0 Å². The van der Waals surface area contributed by atoms with Gasteiger partial charge in [-0.15, -0.1) is 0 Å². The summed E-state index contributed by atoms with van der Waals surface area (Å²) in [6.07, 6.45) is 0.870. The third-order valence-corrected chi connectivity index (χ3v) is 3.49. The predicted octanol–water partition coefficient (Wildman–Crippen LogP) is 1.61. The molecule has 0 bridgehead atoms. The van der Waals surface area contributed by atoms with Crippen LogP contribution in [-0.2, 0) is 4.74 Å². The lowest BCUT2D eigenvalue weighted by atomic mass is 9.71. The quantitative estimate of drug-likeness (QED) is 0.682. The van der Waals surface area contributed by atoms with Crippen LogP contribution in [0.3, 0.4) is 0 Å². The molecule has 2 aliphatic rings. The molecule has 2 rings (SSSR count). The third-order valence-electron chi connectivity index (χ3n) is 3.49. The summed E-state index contributed by atoms with van der Waals surface area (Å²) in [6.45, 7) is 10.6. The van der Waals surface area contributed by atoms with Crippen molar-refractivity contribution in [3.63, 3.8) is 0 Å². The van der Waals surface area contributed by atoms with Gasteiger partial charge in [0, 0.05) is 31.1 Å². The van der Waals surface area contributed by atoms with E-state index in [9.17, 15) is 4.79 Å². The van der Waals surface area contributed by atoms with Crippen LogP contribution in [0.15, 0.2) is 0 Å². The van der Waals surface area contributed by atoms with Crippen molar-refractivity contribution in [3.05, 3.63) is 0 Å². The molecule has 2 unspecified atom stereocenters. The standard InChI is InChI=1S/C12H22N2O2/c1-11(2,3)16-10(15)14-6-5-9-12(4,8-14)7-13-9/h9,13H,5-8H2,1-4H3. The minimum Gasteiger partial charge on any atom is -0.444 e. The Morgan fingerprint density at radius 1 is 1.50 bits per heavy atom. The van der Waals surface area contributed by atoms with Crippen LogP contribution in [0.5, 0.6) is 0 Å². The summed E-state index contributed by atoms with van der Waals surface area (Å²) < 4.78 is 5.40. The van der Waals surface area contributed by atoms with E-state index in [2.05, 4.69) is 12.2 Å². The van der Waals surface area contributed by atoms with E-state index in [1.165, 1.54) is 0 Å². The number of carbonyl (C=O) groups excluding carboxylic acids is 1. The van der Waals surface area contributed by atoms with Crippen molar-refractivity contribution >= 4 is 6.09 Å². The van der Waals surface area contributed by atoms with E-state index in [1.54, 1.807) is 0 Å². The average Bonchev–Trinajstić information content (AvgIpc) is 2.09. The second-order valence-electron chi connectivity index (χ2n) is 6.28.